The van der Waals surface area contributed by atoms with Gasteiger partial charge in [0.25, 0.3) is 0 Å². The number of aliphatic hydroxyl groups is 12. The fraction of sp³-hybridized carbons (Fsp3) is 0.917. The maximum absolute atomic E-state index is 11.4. The van der Waals surface area contributed by atoms with E-state index < -0.39 is 136 Å². The zero-order chi connectivity index (χ0) is 48.6. The maximum atomic E-state index is 11.4. The van der Waals surface area contributed by atoms with Gasteiger partial charge < -0.3 is 89.7 Å². The number of allylic oxidation sites excluding steroid dienone is 1. The van der Waals surface area contributed by atoms with Crippen LogP contribution >= 0.6 is 0 Å². The Kier molecular flexibility index (Phi) is 15.7. The molecule has 0 unspecified atom stereocenters. The summed E-state index contributed by atoms with van der Waals surface area (Å²) in [5, 5.41) is 128. The summed E-state index contributed by atoms with van der Waals surface area (Å²) in [5.41, 5.74) is 0.543. The number of hydrogen-bond donors (Lipinski definition) is 12. The molecule has 7 rings (SSSR count). The van der Waals surface area contributed by atoms with Gasteiger partial charge >= 0.3 is 0 Å². The second-order valence-corrected chi connectivity index (χ2v) is 22.4. The van der Waals surface area contributed by atoms with Crippen LogP contribution < -0.4 is 0 Å². The monoisotopic (exact) mass is 945 g/mol. The first-order valence-electron chi connectivity index (χ1n) is 24.1. The molecular formula is C48H80O18. The topological polar surface area (TPSA) is 298 Å². The Balaban J connectivity index is 1.18. The second-order valence-electron chi connectivity index (χ2n) is 22.4. The Labute approximate surface area is 388 Å². The minimum Gasteiger partial charge on any atom is -0.394 e. The van der Waals surface area contributed by atoms with Crippen LogP contribution in [-0.2, 0) is 28.4 Å². The number of ether oxygens (including phenoxy) is 6. The van der Waals surface area contributed by atoms with Crippen molar-refractivity contribution in [1.29, 1.82) is 0 Å². The molecule has 0 aromatic rings. The second kappa shape index (κ2) is 19.8. The summed E-state index contributed by atoms with van der Waals surface area (Å²) in [6.45, 7) is 15.2. The third kappa shape index (κ3) is 8.93. The van der Waals surface area contributed by atoms with Crippen LogP contribution in [0.5, 0.6) is 0 Å². The lowest BCUT2D eigenvalue weighted by Crippen LogP contribution is -2.65. The third-order valence-electron chi connectivity index (χ3n) is 18.1. The van der Waals surface area contributed by atoms with Gasteiger partial charge in [-0.3, -0.25) is 0 Å². The van der Waals surface area contributed by atoms with Crippen molar-refractivity contribution >= 4 is 0 Å². The molecule has 25 atom stereocenters. The summed E-state index contributed by atoms with van der Waals surface area (Å²) >= 11 is 0. The fourth-order valence-corrected chi connectivity index (χ4v) is 14.0. The Morgan fingerprint density at radius 3 is 1.73 bits per heavy atom. The van der Waals surface area contributed by atoms with Crippen LogP contribution in [0.2, 0.25) is 0 Å². The molecule has 4 aliphatic carbocycles. The molecule has 66 heavy (non-hydrogen) atoms. The van der Waals surface area contributed by atoms with Crippen LogP contribution in [-0.4, -0.2) is 192 Å². The molecule has 7 aliphatic rings. The standard InChI is InChI=1S/C48H80O18/c1-21(2)15-23(61-44-40(37(58)34(55)30(20-51)65-44)66-43-39(60)36(57)33(54)29(19-50)64-43)16-22(3)24-11-12-48(8)41-27(62-42-38(59)35(56)32(53)28(18-49)63-42)17-26-25(9-10-31(52)45(26,4)5)46(41,6)13-14-47(24,48)7/h15,17,22-25,27-44,49-60H,9-14,16,18-20H2,1-8H3/t22-,23+,24-,25-,27+,28-,29-,30-,31+,32-,33-,34-,35+,36+,37+,38-,39-,40-,41-,42-,43+,44-,46+,47-,48+/m1/s1. The molecule has 18 heteroatoms. The summed E-state index contributed by atoms with van der Waals surface area (Å²) in [4.78, 5) is 0. The first kappa shape index (κ1) is 52.6. The molecule has 0 aromatic carbocycles. The molecule has 6 fully saturated rings. The normalized spacial score (nSPS) is 51.2. The summed E-state index contributed by atoms with van der Waals surface area (Å²) in [7, 11) is 0. The molecule has 0 amide bonds. The molecule has 0 spiro atoms. The van der Waals surface area contributed by atoms with Crippen molar-refractivity contribution in [2.24, 2.45) is 45.3 Å². The van der Waals surface area contributed by atoms with E-state index in [2.05, 4.69) is 47.6 Å². The minimum absolute atomic E-state index is 0.0163. The Bertz CT molecular complexity index is 1720. The number of rotatable bonds is 13. The van der Waals surface area contributed by atoms with Gasteiger partial charge in [0.1, 0.15) is 73.2 Å². The van der Waals surface area contributed by atoms with Crippen molar-refractivity contribution in [3.63, 3.8) is 0 Å². The van der Waals surface area contributed by atoms with Gasteiger partial charge in [0.05, 0.1) is 38.1 Å². The van der Waals surface area contributed by atoms with E-state index in [9.17, 15) is 61.3 Å². The van der Waals surface area contributed by atoms with Gasteiger partial charge in [-0.05, 0) is 92.8 Å². The van der Waals surface area contributed by atoms with E-state index in [0.717, 1.165) is 43.3 Å². The number of hydrogen-bond acceptors (Lipinski definition) is 18. The van der Waals surface area contributed by atoms with E-state index in [1.165, 1.54) is 0 Å². The van der Waals surface area contributed by atoms with Crippen LogP contribution in [0.1, 0.15) is 100 Å². The van der Waals surface area contributed by atoms with Crippen molar-refractivity contribution in [2.75, 3.05) is 19.8 Å². The van der Waals surface area contributed by atoms with Gasteiger partial charge in [-0.2, -0.15) is 0 Å². The number of aliphatic hydroxyl groups excluding tert-OH is 12. The highest BCUT2D eigenvalue weighted by molar-refractivity contribution is 5.33. The molecule has 0 aromatic heterocycles. The summed E-state index contributed by atoms with van der Waals surface area (Å²) < 4.78 is 37.1. The first-order chi connectivity index (χ1) is 30.9. The van der Waals surface area contributed by atoms with Crippen LogP contribution in [0.3, 0.4) is 0 Å². The predicted molar refractivity (Wildman–Crippen MR) is 233 cm³/mol. The molecule has 3 heterocycles. The third-order valence-corrected chi connectivity index (χ3v) is 18.1. The van der Waals surface area contributed by atoms with Crippen LogP contribution in [0, 0.1) is 45.3 Å². The highest BCUT2D eigenvalue weighted by Gasteiger charge is 2.70. The summed E-state index contributed by atoms with van der Waals surface area (Å²) in [6, 6.07) is 0. The first-order valence-corrected chi connectivity index (χ1v) is 24.1. The van der Waals surface area contributed by atoms with Gasteiger partial charge in [0, 0.05) is 11.3 Å². The molecule has 0 radical (unpaired) electrons. The zero-order valence-electron chi connectivity index (χ0n) is 39.7. The maximum Gasteiger partial charge on any atom is 0.187 e. The highest BCUT2D eigenvalue weighted by atomic mass is 16.8. The van der Waals surface area contributed by atoms with E-state index in [0.29, 0.717) is 12.8 Å². The SMILES string of the molecule is CC(C)=C[C@@H](C[C@@H](C)[C@H]1CC[C@@]2(C)[C@@H]3[C@@H](O[C@@H]4O[C@H](CO)[C@@H](O)[C@H](O)[C@H]4O)C=C4[C@@H](CC[C@H](O)C4(C)C)[C@]3(C)CC[C@]12C)O[C@@H]1O[C@H](CO)[C@@H](O)[C@H](O)[C@H]1O[C@@H]1O[C@H](CO)[C@@H](O)[C@H](O)[C@H]1O. The molecule has 380 valence electrons. The quantitative estimate of drug-likeness (QED) is 0.106. The van der Waals surface area contributed by atoms with Crippen molar-refractivity contribution in [3.8, 4) is 0 Å². The highest BCUT2D eigenvalue weighted by Crippen LogP contribution is 2.75. The number of fused-ring (bicyclic) bond motifs is 5. The lowest BCUT2D eigenvalue weighted by atomic mass is 9.38. The Morgan fingerprint density at radius 1 is 0.652 bits per heavy atom. The van der Waals surface area contributed by atoms with E-state index in [-0.39, 0.29) is 39.9 Å². The van der Waals surface area contributed by atoms with Crippen LogP contribution in [0.25, 0.3) is 0 Å². The largest absolute Gasteiger partial charge is 0.394 e. The molecular weight excluding hydrogens is 865 g/mol. The van der Waals surface area contributed by atoms with Crippen molar-refractivity contribution in [2.45, 2.75) is 211 Å². The summed E-state index contributed by atoms with van der Waals surface area (Å²) in [6.07, 6.45) is -15.4. The smallest absolute Gasteiger partial charge is 0.187 e. The fourth-order valence-electron chi connectivity index (χ4n) is 14.0. The van der Waals surface area contributed by atoms with Crippen LogP contribution in [0.15, 0.2) is 23.3 Å². The molecule has 3 aliphatic heterocycles. The molecule has 12 N–H and O–H groups in total. The van der Waals surface area contributed by atoms with Crippen molar-refractivity contribution < 1.29 is 89.7 Å². The molecule has 3 saturated heterocycles. The molecule has 0 bridgehead atoms. The van der Waals surface area contributed by atoms with Gasteiger partial charge in [-0.15, -0.1) is 0 Å². The van der Waals surface area contributed by atoms with E-state index in [4.69, 9.17) is 28.4 Å². The molecule has 3 saturated carbocycles. The van der Waals surface area contributed by atoms with Crippen molar-refractivity contribution in [3.05, 3.63) is 23.3 Å². The summed E-state index contributed by atoms with van der Waals surface area (Å²) in [5.74, 6) is 0.201. The lowest BCUT2D eigenvalue weighted by Gasteiger charge is -2.67. The van der Waals surface area contributed by atoms with Crippen LogP contribution in [0.4, 0.5) is 0 Å². The van der Waals surface area contributed by atoms with Gasteiger partial charge in [0.15, 0.2) is 18.9 Å². The van der Waals surface area contributed by atoms with Gasteiger partial charge in [-0.1, -0.05) is 64.8 Å². The Morgan fingerprint density at radius 2 is 1.18 bits per heavy atom. The van der Waals surface area contributed by atoms with E-state index in [1.54, 1.807) is 0 Å². The minimum atomic E-state index is -1.81. The lowest BCUT2D eigenvalue weighted by molar-refractivity contribution is -0.370. The van der Waals surface area contributed by atoms with Crippen molar-refractivity contribution in [1.82, 2.24) is 0 Å². The van der Waals surface area contributed by atoms with E-state index in [1.807, 2.05) is 19.9 Å². The average molecular weight is 945 g/mol. The zero-order valence-corrected chi connectivity index (χ0v) is 39.7. The molecule has 18 nitrogen and oxygen atoms in total. The average Bonchev–Trinajstić information content (AvgIpc) is 3.54. The van der Waals surface area contributed by atoms with Gasteiger partial charge in [0.2, 0.25) is 0 Å². The van der Waals surface area contributed by atoms with Gasteiger partial charge in [-0.25, -0.2) is 0 Å². The predicted octanol–water partition coefficient (Wildman–Crippen LogP) is -0.251. The Hall–Kier alpha value is -1.24. The van der Waals surface area contributed by atoms with E-state index >= 15 is 0 Å².